The summed E-state index contributed by atoms with van der Waals surface area (Å²) in [4.78, 5) is 28.2. The molecule has 0 heterocycles. The lowest BCUT2D eigenvalue weighted by Crippen LogP contribution is -2.31. The highest BCUT2D eigenvalue weighted by molar-refractivity contribution is 6.24. The molecule has 158 valence electrons. The van der Waals surface area contributed by atoms with Gasteiger partial charge in [-0.15, -0.1) is 0 Å². The molecular formula is C20H18F3N3O4. The number of methoxy groups -OCH3 is 1. The molecule has 0 spiro atoms. The van der Waals surface area contributed by atoms with Gasteiger partial charge in [0.1, 0.15) is 5.71 Å². The third-order valence-electron chi connectivity index (χ3n) is 3.81. The number of alkyl halides is 3. The van der Waals surface area contributed by atoms with Crippen LogP contribution in [0.25, 0.3) is 5.57 Å². The van der Waals surface area contributed by atoms with E-state index in [0.717, 1.165) is 25.3 Å². The summed E-state index contributed by atoms with van der Waals surface area (Å²) in [6, 6.07) is 10.5. The van der Waals surface area contributed by atoms with E-state index in [1.807, 2.05) is 5.43 Å². The lowest BCUT2D eigenvalue weighted by atomic mass is 9.92. The number of hydrogen-bond acceptors (Lipinski definition) is 6. The number of hydrogen-bond donors (Lipinski definition) is 2. The zero-order valence-electron chi connectivity index (χ0n) is 16.0. The SMILES string of the molecule is CO/C=C(/C(=O)NN)c1ccccc1/C(=N/OC(C)=O)c1cccc(C(F)(F)F)c1. The van der Waals surface area contributed by atoms with Crippen molar-refractivity contribution >= 4 is 23.2 Å². The van der Waals surface area contributed by atoms with Gasteiger partial charge in [-0.1, -0.05) is 41.6 Å². The van der Waals surface area contributed by atoms with Gasteiger partial charge in [-0.2, -0.15) is 13.2 Å². The molecule has 0 aromatic heterocycles. The number of halogens is 3. The van der Waals surface area contributed by atoms with E-state index in [4.69, 9.17) is 15.4 Å². The Kier molecular flexibility index (Phi) is 7.32. The third-order valence-corrected chi connectivity index (χ3v) is 3.81. The Morgan fingerprint density at radius 2 is 1.77 bits per heavy atom. The zero-order chi connectivity index (χ0) is 22.3. The Labute approximate surface area is 169 Å². The van der Waals surface area contributed by atoms with E-state index in [2.05, 4.69) is 5.16 Å². The van der Waals surface area contributed by atoms with Gasteiger partial charge in [0.05, 0.1) is 24.5 Å². The van der Waals surface area contributed by atoms with Crippen LogP contribution in [0.1, 0.15) is 29.2 Å². The van der Waals surface area contributed by atoms with Gasteiger partial charge < -0.3 is 9.57 Å². The van der Waals surface area contributed by atoms with Crippen LogP contribution in [0.2, 0.25) is 0 Å². The van der Waals surface area contributed by atoms with Crippen LogP contribution in [-0.4, -0.2) is 24.7 Å². The number of amides is 1. The largest absolute Gasteiger partial charge is 0.504 e. The topological polar surface area (TPSA) is 103 Å². The molecule has 1 amide bonds. The monoisotopic (exact) mass is 421 g/mol. The van der Waals surface area contributed by atoms with E-state index in [1.54, 1.807) is 12.1 Å². The van der Waals surface area contributed by atoms with Crippen molar-refractivity contribution in [1.29, 1.82) is 0 Å². The Morgan fingerprint density at radius 3 is 2.33 bits per heavy atom. The van der Waals surface area contributed by atoms with E-state index >= 15 is 0 Å². The van der Waals surface area contributed by atoms with Crippen molar-refractivity contribution in [1.82, 2.24) is 5.43 Å². The fourth-order valence-electron chi connectivity index (χ4n) is 2.57. The summed E-state index contributed by atoms with van der Waals surface area (Å²) < 4.78 is 44.5. The molecule has 2 rings (SSSR count). The standard InChI is InChI=1S/C20H18F3N3O4/c1-12(27)30-26-18(13-6-5-7-14(10-13)20(21,22)23)16-9-4-3-8-15(16)17(11-29-2)19(28)25-24/h3-11H,24H2,1-2H3,(H,25,28)/b17-11+,26-18+. The minimum atomic E-state index is -4.59. The molecule has 7 nitrogen and oxygen atoms in total. The fraction of sp³-hybridized carbons (Fsp3) is 0.150. The van der Waals surface area contributed by atoms with Crippen molar-refractivity contribution in [2.75, 3.05) is 7.11 Å². The second-order valence-corrected chi connectivity index (χ2v) is 5.89. The van der Waals surface area contributed by atoms with Gasteiger partial charge >= 0.3 is 12.1 Å². The predicted molar refractivity (Wildman–Crippen MR) is 103 cm³/mol. The fourth-order valence-corrected chi connectivity index (χ4v) is 2.57. The van der Waals surface area contributed by atoms with Crippen molar-refractivity contribution in [3.8, 4) is 0 Å². The molecule has 2 aromatic carbocycles. The average molecular weight is 421 g/mol. The number of hydrazine groups is 1. The Morgan fingerprint density at radius 1 is 1.10 bits per heavy atom. The maximum Gasteiger partial charge on any atom is 0.416 e. The highest BCUT2D eigenvalue weighted by Gasteiger charge is 2.31. The van der Waals surface area contributed by atoms with Crippen molar-refractivity contribution in [2.45, 2.75) is 13.1 Å². The number of ether oxygens (including phenoxy) is 1. The van der Waals surface area contributed by atoms with Crippen molar-refractivity contribution < 1.29 is 32.3 Å². The van der Waals surface area contributed by atoms with E-state index in [-0.39, 0.29) is 28.0 Å². The molecule has 0 saturated heterocycles. The van der Waals surface area contributed by atoms with E-state index < -0.39 is 23.6 Å². The highest BCUT2D eigenvalue weighted by Crippen LogP contribution is 2.31. The van der Waals surface area contributed by atoms with E-state index in [0.29, 0.717) is 0 Å². The molecule has 0 bridgehead atoms. The number of carbonyl (C=O) groups excluding carboxylic acids is 2. The maximum atomic E-state index is 13.2. The molecule has 0 atom stereocenters. The first kappa shape index (κ1) is 22.6. The van der Waals surface area contributed by atoms with Crippen LogP contribution in [0.4, 0.5) is 13.2 Å². The molecule has 0 aliphatic carbocycles. The molecule has 0 unspecified atom stereocenters. The minimum Gasteiger partial charge on any atom is -0.504 e. The first-order valence-corrected chi connectivity index (χ1v) is 8.46. The van der Waals surface area contributed by atoms with Gasteiger partial charge in [0.2, 0.25) is 0 Å². The van der Waals surface area contributed by atoms with Gasteiger partial charge in [0.15, 0.2) is 0 Å². The average Bonchev–Trinajstić information content (AvgIpc) is 2.71. The van der Waals surface area contributed by atoms with Crippen molar-refractivity contribution in [3.63, 3.8) is 0 Å². The number of rotatable bonds is 6. The second kappa shape index (κ2) is 9.70. The van der Waals surface area contributed by atoms with Crippen LogP contribution >= 0.6 is 0 Å². The minimum absolute atomic E-state index is 0.0156. The molecule has 30 heavy (non-hydrogen) atoms. The predicted octanol–water partition coefficient (Wildman–Crippen LogP) is 3.00. The molecule has 0 radical (unpaired) electrons. The Bertz CT molecular complexity index is 1000. The maximum absolute atomic E-state index is 13.2. The van der Waals surface area contributed by atoms with Crippen LogP contribution in [0.15, 0.2) is 59.9 Å². The first-order valence-electron chi connectivity index (χ1n) is 8.46. The van der Waals surface area contributed by atoms with Crippen LogP contribution in [0, 0.1) is 0 Å². The van der Waals surface area contributed by atoms with Crippen molar-refractivity contribution in [2.24, 2.45) is 11.0 Å². The van der Waals surface area contributed by atoms with Gasteiger partial charge in [-0.05, 0) is 17.7 Å². The van der Waals surface area contributed by atoms with Gasteiger partial charge in [-0.25, -0.2) is 10.6 Å². The Balaban J connectivity index is 2.75. The lowest BCUT2D eigenvalue weighted by molar-refractivity contribution is -0.141. The number of benzene rings is 2. The van der Waals surface area contributed by atoms with E-state index in [9.17, 15) is 22.8 Å². The van der Waals surface area contributed by atoms with Crippen LogP contribution in [0.3, 0.4) is 0 Å². The molecule has 10 heteroatoms. The molecule has 3 N–H and O–H groups in total. The van der Waals surface area contributed by atoms with Gasteiger partial charge in [0.25, 0.3) is 5.91 Å². The summed E-state index contributed by atoms with van der Waals surface area (Å²) >= 11 is 0. The second-order valence-electron chi connectivity index (χ2n) is 5.89. The molecule has 0 aliphatic rings. The first-order chi connectivity index (χ1) is 14.2. The summed E-state index contributed by atoms with van der Waals surface area (Å²) in [5.74, 6) is 3.74. The molecule has 0 aliphatic heterocycles. The van der Waals surface area contributed by atoms with Gasteiger partial charge in [0, 0.05) is 18.1 Å². The Hall–Kier alpha value is -3.66. The summed E-state index contributed by atoms with van der Waals surface area (Å²) in [6.45, 7) is 1.09. The third kappa shape index (κ3) is 5.45. The summed E-state index contributed by atoms with van der Waals surface area (Å²) in [7, 11) is 1.31. The molecule has 0 saturated carbocycles. The van der Waals surface area contributed by atoms with Crippen LogP contribution in [0.5, 0.6) is 0 Å². The van der Waals surface area contributed by atoms with E-state index in [1.165, 1.54) is 31.4 Å². The van der Waals surface area contributed by atoms with Gasteiger partial charge in [-0.3, -0.25) is 10.2 Å². The number of nitrogens with zero attached hydrogens (tertiary/aromatic N) is 1. The van der Waals surface area contributed by atoms with Crippen molar-refractivity contribution in [3.05, 3.63) is 77.0 Å². The van der Waals surface area contributed by atoms with Crippen LogP contribution < -0.4 is 11.3 Å². The molecular weight excluding hydrogens is 403 g/mol. The van der Waals surface area contributed by atoms with Crippen LogP contribution in [-0.2, 0) is 25.3 Å². The lowest BCUT2D eigenvalue weighted by Gasteiger charge is -2.15. The number of nitrogens with one attached hydrogen (secondary N) is 1. The smallest absolute Gasteiger partial charge is 0.416 e. The number of oxime groups is 1. The summed E-state index contributed by atoms with van der Waals surface area (Å²) in [5.41, 5.74) is 1.41. The molecule has 0 fully saturated rings. The summed E-state index contributed by atoms with van der Waals surface area (Å²) in [6.07, 6.45) is -3.47. The zero-order valence-corrected chi connectivity index (χ0v) is 16.0. The summed E-state index contributed by atoms with van der Waals surface area (Å²) in [5, 5.41) is 3.74. The highest BCUT2D eigenvalue weighted by atomic mass is 19.4. The molecule has 2 aromatic rings. The quantitative estimate of drug-likeness (QED) is 0.142. The number of nitrogens with two attached hydrogens (primary N) is 1. The normalized spacial score (nSPS) is 12.3. The number of carbonyl (C=O) groups is 2.